The summed E-state index contributed by atoms with van der Waals surface area (Å²) in [6.45, 7) is 3.27. The van der Waals surface area contributed by atoms with E-state index < -0.39 is 10.1 Å². The summed E-state index contributed by atoms with van der Waals surface area (Å²) >= 11 is 0. The van der Waals surface area contributed by atoms with E-state index in [2.05, 4.69) is 43.2 Å². The number of ether oxygens (including phenoxy) is 2. The van der Waals surface area contributed by atoms with Gasteiger partial charge in [0.2, 0.25) is 0 Å². The number of nitrogens with zero attached hydrogens (tertiary/aromatic N) is 1. The number of likely N-dealkylation sites (N-methyl/N-ethyl adjacent to an activating group) is 1. The predicted molar refractivity (Wildman–Crippen MR) is 103 cm³/mol. The maximum absolute atomic E-state index is 9.19. The first-order valence-corrected chi connectivity index (χ1v) is 10.9. The molecular weight excluding hydrogens is 366 g/mol. The van der Waals surface area contributed by atoms with Gasteiger partial charge in [0.25, 0.3) is 10.1 Å². The van der Waals surface area contributed by atoms with Gasteiger partial charge in [-0.05, 0) is 56.1 Å². The molecule has 0 saturated carbocycles. The first kappa shape index (κ1) is 18.5. The molecule has 3 atom stereocenters. The van der Waals surface area contributed by atoms with Crippen LogP contribution in [0.15, 0.2) is 35.6 Å². The number of piperidine rings is 1. The van der Waals surface area contributed by atoms with Crippen LogP contribution in [0.4, 0.5) is 0 Å². The summed E-state index contributed by atoms with van der Waals surface area (Å²) in [5, 5.41) is 0. The Kier molecular flexibility index (Phi) is 4.18. The van der Waals surface area contributed by atoms with Gasteiger partial charge in [0.05, 0.1) is 18.8 Å². The molecule has 0 radical (unpaired) electrons. The average molecular weight is 391 g/mol. The predicted octanol–water partition coefficient (Wildman–Crippen LogP) is 2.23. The van der Waals surface area contributed by atoms with Crippen LogP contribution in [0, 0.1) is 6.92 Å². The third-order valence-corrected chi connectivity index (χ3v) is 6.17. The van der Waals surface area contributed by atoms with Crippen LogP contribution < -0.4 is 4.74 Å². The average Bonchev–Trinajstić information content (AvgIpc) is 2.93. The quantitative estimate of drug-likeness (QED) is 0.740. The van der Waals surface area contributed by atoms with Crippen LogP contribution in [0.1, 0.15) is 23.1 Å². The summed E-state index contributed by atoms with van der Waals surface area (Å²) in [5.41, 5.74) is 5.70. The van der Waals surface area contributed by atoms with Crippen LogP contribution in [0.5, 0.6) is 5.75 Å². The Morgan fingerprint density at radius 2 is 2.04 bits per heavy atom. The minimum absolute atomic E-state index is 0.00616. The van der Waals surface area contributed by atoms with Crippen LogP contribution in [0.2, 0.25) is 0 Å². The maximum atomic E-state index is 9.19. The van der Waals surface area contributed by atoms with Crippen LogP contribution in [-0.2, 0) is 26.7 Å². The van der Waals surface area contributed by atoms with Gasteiger partial charge < -0.3 is 9.47 Å². The summed E-state index contributed by atoms with van der Waals surface area (Å²) < 4.78 is 38.0. The molecule has 2 aliphatic heterocycles. The minimum atomic E-state index is -3.67. The molecule has 1 saturated heterocycles. The number of allylic oxidation sites excluding steroid dienone is 2. The van der Waals surface area contributed by atoms with E-state index >= 15 is 0 Å². The van der Waals surface area contributed by atoms with Gasteiger partial charge in [-0.15, -0.1) is 0 Å². The lowest BCUT2D eigenvalue weighted by atomic mass is 9.57. The smallest absolute Gasteiger partial charge is 0.261 e. The molecule has 6 nitrogen and oxygen atoms in total. The molecule has 0 amide bonds. The van der Waals surface area contributed by atoms with Gasteiger partial charge in [-0.3, -0.25) is 9.45 Å². The number of hydrogen-bond donors (Lipinski definition) is 1. The molecule has 0 aromatic heterocycles. The van der Waals surface area contributed by atoms with Crippen molar-refractivity contribution in [3.8, 4) is 5.75 Å². The van der Waals surface area contributed by atoms with E-state index in [0.717, 1.165) is 30.9 Å². The normalized spacial score (nSPS) is 30.3. The van der Waals surface area contributed by atoms with E-state index in [1.807, 2.05) is 0 Å². The molecule has 5 rings (SSSR count). The Morgan fingerprint density at radius 1 is 1.33 bits per heavy atom. The van der Waals surface area contributed by atoms with Crippen molar-refractivity contribution in [3.63, 3.8) is 0 Å². The standard InChI is InChI=1S/C19H21NO2.CH4O3S/c1-11-4-5-12-10-14-13-6-7-15(21-3)18-19(13,8-9-20(14)2)16(12)17(11)22-18;1-5(2,3)4/h4-7,14,18H,8-10H2,1-3H3;1H3,(H,2,3,4)/t14-,18+,19+;/m1./s1. The van der Waals surface area contributed by atoms with E-state index in [1.54, 1.807) is 7.11 Å². The number of rotatable bonds is 1. The SMILES string of the molecule is COC1=CC=C2[C@H]3Cc4ccc(C)c5c4[C@@]2(CCN3C)[C@H]1O5.CS(=O)(=O)O. The zero-order valence-corrected chi connectivity index (χ0v) is 16.8. The van der Waals surface area contributed by atoms with E-state index in [9.17, 15) is 8.42 Å². The lowest BCUT2D eigenvalue weighted by Crippen LogP contribution is -2.58. The number of benzene rings is 1. The van der Waals surface area contributed by atoms with Crippen LogP contribution in [0.3, 0.4) is 0 Å². The van der Waals surface area contributed by atoms with Gasteiger partial charge in [0.1, 0.15) is 11.5 Å². The first-order valence-electron chi connectivity index (χ1n) is 9.05. The van der Waals surface area contributed by atoms with Gasteiger partial charge in [-0.1, -0.05) is 18.2 Å². The van der Waals surface area contributed by atoms with E-state index in [1.165, 1.54) is 22.3 Å². The van der Waals surface area contributed by atoms with Crippen molar-refractivity contribution in [3.05, 3.63) is 52.3 Å². The molecule has 1 N–H and O–H groups in total. The highest BCUT2D eigenvalue weighted by molar-refractivity contribution is 7.85. The highest BCUT2D eigenvalue weighted by Crippen LogP contribution is 2.61. The third-order valence-electron chi connectivity index (χ3n) is 6.17. The van der Waals surface area contributed by atoms with Crippen molar-refractivity contribution < 1.29 is 22.4 Å². The zero-order valence-electron chi connectivity index (χ0n) is 16.0. The van der Waals surface area contributed by atoms with Crippen LogP contribution in [-0.4, -0.2) is 57.0 Å². The Labute approximate surface area is 160 Å². The molecule has 1 aromatic carbocycles. The number of methoxy groups -OCH3 is 1. The van der Waals surface area contributed by atoms with Crippen molar-refractivity contribution in [2.45, 2.75) is 37.3 Å². The first-order chi connectivity index (χ1) is 12.7. The molecule has 2 bridgehead atoms. The summed E-state index contributed by atoms with van der Waals surface area (Å²) in [4.78, 5) is 2.50. The highest BCUT2D eigenvalue weighted by atomic mass is 32.2. The molecule has 4 aliphatic rings. The molecule has 0 unspecified atom stereocenters. The zero-order chi connectivity index (χ0) is 19.6. The van der Waals surface area contributed by atoms with Gasteiger partial charge in [0, 0.05) is 11.6 Å². The highest BCUT2D eigenvalue weighted by Gasteiger charge is 2.61. The molecule has 7 heteroatoms. The summed E-state index contributed by atoms with van der Waals surface area (Å²) in [6.07, 6.45) is 7.37. The lowest BCUT2D eigenvalue weighted by molar-refractivity contribution is 0.0741. The van der Waals surface area contributed by atoms with Crippen molar-refractivity contribution in [1.29, 1.82) is 0 Å². The monoisotopic (exact) mass is 391 g/mol. The molecule has 1 aromatic rings. The summed E-state index contributed by atoms with van der Waals surface area (Å²) in [7, 11) is 0.343. The van der Waals surface area contributed by atoms with Crippen molar-refractivity contribution >= 4 is 10.1 Å². The Morgan fingerprint density at radius 3 is 2.70 bits per heavy atom. The van der Waals surface area contributed by atoms with Crippen molar-refractivity contribution in [2.75, 3.05) is 27.0 Å². The maximum Gasteiger partial charge on any atom is 0.261 e. The van der Waals surface area contributed by atoms with Gasteiger partial charge in [0.15, 0.2) is 6.10 Å². The van der Waals surface area contributed by atoms with Crippen molar-refractivity contribution in [1.82, 2.24) is 4.90 Å². The van der Waals surface area contributed by atoms with Crippen molar-refractivity contribution in [2.24, 2.45) is 0 Å². The van der Waals surface area contributed by atoms with E-state index in [0.29, 0.717) is 12.3 Å². The Bertz CT molecular complexity index is 957. The van der Waals surface area contributed by atoms with E-state index in [4.69, 9.17) is 14.0 Å². The molecule has 2 heterocycles. The molecule has 146 valence electrons. The second-order valence-electron chi connectivity index (χ2n) is 7.79. The van der Waals surface area contributed by atoms with Gasteiger partial charge >= 0.3 is 0 Å². The largest absolute Gasteiger partial charge is 0.497 e. The molecular formula is C20H25NO5S. The minimum Gasteiger partial charge on any atom is -0.497 e. The second kappa shape index (κ2) is 6.09. The van der Waals surface area contributed by atoms with Crippen LogP contribution >= 0.6 is 0 Å². The van der Waals surface area contributed by atoms with Gasteiger partial charge in [-0.25, -0.2) is 0 Å². The lowest BCUT2D eigenvalue weighted by Gasteiger charge is -2.52. The molecule has 1 spiro atoms. The molecule has 27 heavy (non-hydrogen) atoms. The Balaban J connectivity index is 0.000000323. The summed E-state index contributed by atoms with van der Waals surface area (Å²) in [6, 6.07) is 5.02. The van der Waals surface area contributed by atoms with E-state index in [-0.39, 0.29) is 11.5 Å². The summed E-state index contributed by atoms with van der Waals surface area (Å²) in [5.74, 6) is 2.08. The third kappa shape index (κ3) is 2.71. The fourth-order valence-corrected chi connectivity index (χ4v) is 5.10. The second-order valence-corrected chi connectivity index (χ2v) is 9.26. The molecule has 1 fully saturated rings. The fraction of sp³-hybridized carbons (Fsp3) is 0.500. The fourth-order valence-electron chi connectivity index (χ4n) is 5.10. The molecule has 2 aliphatic carbocycles. The van der Waals surface area contributed by atoms with Gasteiger partial charge in [-0.2, -0.15) is 8.42 Å². The number of likely N-dealkylation sites (tertiary alicyclic amines) is 1. The number of aryl methyl sites for hydroxylation is 1. The van der Waals surface area contributed by atoms with Crippen LogP contribution in [0.25, 0.3) is 0 Å². The topological polar surface area (TPSA) is 76.1 Å². The number of hydrogen-bond acceptors (Lipinski definition) is 5. The Hall–Kier alpha value is -1.83.